The van der Waals surface area contributed by atoms with E-state index in [4.69, 9.17) is 4.98 Å². The summed E-state index contributed by atoms with van der Waals surface area (Å²) in [4.78, 5) is 5.15. The summed E-state index contributed by atoms with van der Waals surface area (Å²) < 4.78 is 6.22. The van der Waals surface area contributed by atoms with Crippen LogP contribution >= 0.6 is 11.3 Å². The molecule has 0 unspecified atom stereocenters. The molecular weight excluding hydrogens is 381 g/mol. The average Bonchev–Trinajstić information content (AvgIpc) is 2.97. The van der Waals surface area contributed by atoms with Gasteiger partial charge in [0.15, 0.2) is 0 Å². The number of rotatable bonds is 11. The van der Waals surface area contributed by atoms with E-state index in [9.17, 15) is 0 Å². The van der Waals surface area contributed by atoms with Crippen LogP contribution in [0.2, 0.25) is 13.3 Å². The topological polar surface area (TPSA) is 12.9 Å². The van der Waals surface area contributed by atoms with Crippen molar-refractivity contribution in [1.82, 2.24) is 4.98 Å². The Balaban J connectivity index is 3.03. The molecule has 3 heteroatoms. The van der Waals surface area contributed by atoms with Gasteiger partial charge in [0.05, 0.1) is 0 Å². The third-order valence-electron chi connectivity index (χ3n) is 4.59. The first-order chi connectivity index (χ1) is 10.1. The third kappa shape index (κ3) is 5.85. The van der Waals surface area contributed by atoms with Crippen LogP contribution in [0.15, 0.2) is 5.38 Å². The Morgan fingerprint density at radius 1 is 0.952 bits per heavy atom. The molecule has 0 atom stereocenters. The molecule has 1 aromatic heterocycles. The molecule has 21 heavy (non-hydrogen) atoms. The second-order valence-electron chi connectivity index (χ2n) is 6.82. The molecule has 0 aliphatic carbocycles. The summed E-state index contributed by atoms with van der Waals surface area (Å²) in [5.74, 6) is 0.594. The molecule has 0 N–H and O–H groups in total. The Bertz CT molecular complexity index is 365. The first-order valence-corrected chi connectivity index (χ1v) is 17.4. The zero-order chi connectivity index (χ0) is 15.7. The van der Waals surface area contributed by atoms with Gasteiger partial charge in [-0.2, -0.15) is 0 Å². The predicted molar refractivity (Wildman–Crippen MR) is 101 cm³/mol. The van der Waals surface area contributed by atoms with Gasteiger partial charge in [0.2, 0.25) is 0 Å². The van der Waals surface area contributed by atoms with Gasteiger partial charge in [-0.25, -0.2) is 0 Å². The molecule has 0 saturated carbocycles. The molecule has 1 rings (SSSR count). The molecule has 122 valence electrons. The van der Waals surface area contributed by atoms with Crippen molar-refractivity contribution in [2.45, 2.75) is 92.4 Å². The fourth-order valence-electron chi connectivity index (χ4n) is 3.10. The molecule has 0 bridgehead atoms. The Hall–Kier alpha value is 0.429. The quantitative estimate of drug-likeness (QED) is 0.385. The van der Waals surface area contributed by atoms with Crippen molar-refractivity contribution in [2.75, 3.05) is 0 Å². The normalized spacial score (nSPS) is 12.3. The van der Waals surface area contributed by atoms with Gasteiger partial charge in [-0.05, 0) is 0 Å². The Morgan fingerprint density at radius 2 is 1.43 bits per heavy atom. The van der Waals surface area contributed by atoms with Crippen molar-refractivity contribution in [2.24, 2.45) is 0 Å². The van der Waals surface area contributed by atoms with Crippen LogP contribution in [-0.2, 0) is 0 Å². The van der Waals surface area contributed by atoms with Gasteiger partial charge < -0.3 is 0 Å². The zero-order valence-electron chi connectivity index (χ0n) is 14.9. The molecule has 1 aromatic rings. The van der Waals surface area contributed by atoms with Crippen LogP contribution in [0.4, 0.5) is 0 Å². The van der Waals surface area contributed by atoms with Crippen LogP contribution in [0, 0.1) is 0 Å². The van der Waals surface area contributed by atoms with E-state index in [-0.39, 0.29) is 0 Å². The molecule has 0 fully saturated rings. The average molecular weight is 416 g/mol. The minimum absolute atomic E-state index is 0.594. The van der Waals surface area contributed by atoms with Crippen molar-refractivity contribution < 1.29 is 0 Å². The number of unbranched alkanes of at least 4 members (excludes halogenated alkanes) is 3. The SMILES string of the molecule is CCC[CH2][Sn]([CH2]CCC)([CH2]CCC)[c]1csc(C(C)C)n1. The fraction of sp³-hybridized carbons (Fsp3) is 0.833. The van der Waals surface area contributed by atoms with Crippen LogP contribution in [0.5, 0.6) is 0 Å². The second kappa shape index (κ2) is 10.2. The van der Waals surface area contributed by atoms with Gasteiger partial charge >= 0.3 is 141 Å². The van der Waals surface area contributed by atoms with E-state index in [0.29, 0.717) is 5.92 Å². The van der Waals surface area contributed by atoms with E-state index in [0.717, 1.165) is 0 Å². The van der Waals surface area contributed by atoms with Gasteiger partial charge in [0, 0.05) is 0 Å². The molecule has 0 amide bonds. The van der Waals surface area contributed by atoms with Gasteiger partial charge in [0.25, 0.3) is 0 Å². The summed E-state index contributed by atoms with van der Waals surface area (Å²) in [5.41, 5.74) is 0. The van der Waals surface area contributed by atoms with Crippen LogP contribution in [-0.4, -0.2) is 23.4 Å². The van der Waals surface area contributed by atoms with Crippen LogP contribution in [0.3, 0.4) is 0 Å². The number of thiazole rings is 1. The molecule has 0 aliphatic rings. The predicted octanol–water partition coefficient (Wildman–Crippen LogP) is 6.32. The number of hydrogen-bond donors (Lipinski definition) is 0. The maximum absolute atomic E-state index is 5.15. The third-order valence-corrected chi connectivity index (χ3v) is 21.4. The van der Waals surface area contributed by atoms with Crippen molar-refractivity contribution in [3.05, 3.63) is 10.4 Å². The van der Waals surface area contributed by atoms with Crippen LogP contribution in [0.25, 0.3) is 0 Å². The fourth-order valence-corrected chi connectivity index (χ4v) is 21.1. The Morgan fingerprint density at radius 3 is 1.76 bits per heavy atom. The standard InChI is InChI=1S/C6H8NS.3C4H9.Sn/c1-5(2)6-7-3-4-8-6;3*1-3-4-2;/h4-5H,1-2H3;3*1,3-4H2,2H3;. The van der Waals surface area contributed by atoms with Gasteiger partial charge in [0.1, 0.15) is 0 Å². The summed E-state index contributed by atoms with van der Waals surface area (Å²) in [5, 5.41) is 3.84. The first kappa shape index (κ1) is 19.5. The summed E-state index contributed by atoms with van der Waals surface area (Å²) in [6.07, 6.45) is 8.32. The molecule has 1 heterocycles. The van der Waals surface area contributed by atoms with Crippen LogP contribution < -0.4 is 3.71 Å². The van der Waals surface area contributed by atoms with Crippen molar-refractivity contribution >= 4 is 33.4 Å². The monoisotopic (exact) mass is 417 g/mol. The maximum atomic E-state index is 5.15. The van der Waals surface area contributed by atoms with E-state index in [1.54, 1.807) is 3.71 Å². The van der Waals surface area contributed by atoms with E-state index >= 15 is 0 Å². The second-order valence-corrected chi connectivity index (χ2v) is 20.8. The molecular formula is C18H35NSSn. The molecule has 0 aromatic carbocycles. The minimum atomic E-state index is -2.24. The summed E-state index contributed by atoms with van der Waals surface area (Å²) in [7, 11) is 0. The first-order valence-electron chi connectivity index (χ1n) is 9.05. The van der Waals surface area contributed by atoms with Gasteiger partial charge in [-0.3, -0.25) is 0 Å². The van der Waals surface area contributed by atoms with E-state index < -0.39 is 18.4 Å². The van der Waals surface area contributed by atoms with E-state index in [1.807, 2.05) is 11.3 Å². The number of nitrogens with zero attached hydrogens (tertiary/aromatic N) is 1. The number of aromatic nitrogens is 1. The molecule has 1 nitrogen and oxygen atoms in total. The molecule has 0 aliphatic heterocycles. The van der Waals surface area contributed by atoms with Crippen molar-refractivity contribution in [3.63, 3.8) is 0 Å². The molecule has 0 saturated heterocycles. The summed E-state index contributed by atoms with van der Waals surface area (Å²) >= 11 is -0.311. The molecule has 0 spiro atoms. The Kier molecular flexibility index (Phi) is 9.51. The van der Waals surface area contributed by atoms with Gasteiger partial charge in [-0.15, -0.1) is 0 Å². The zero-order valence-corrected chi connectivity index (χ0v) is 18.5. The summed E-state index contributed by atoms with van der Waals surface area (Å²) in [6, 6.07) is 0. The molecule has 0 radical (unpaired) electrons. The van der Waals surface area contributed by atoms with E-state index in [2.05, 4.69) is 40.0 Å². The number of hydrogen-bond acceptors (Lipinski definition) is 2. The van der Waals surface area contributed by atoms with Crippen molar-refractivity contribution in [1.29, 1.82) is 0 Å². The van der Waals surface area contributed by atoms with Gasteiger partial charge in [-0.1, -0.05) is 0 Å². The van der Waals surface area contributed by atoms with Crippen molar-refractivity contribution in [3.8, 4) is 0 Å². The van der Waals surface area contributed by atoms with Crippen LogP contribution in [0.1, 0.15) is 84.1 Å². The Labute approximate surface area is 140 Å². The van der Waals surface area contributed by atoms with E-state index in [1.165, 1.54) is 56.8 Å². The summed E-state index contributed by atoms with van der Waals surface area (Å²) in [6.45, 7) is 11.6.